The van der Waals surface area contributed by atoms with Gasteiger partial charge in [-0.3, -0.25) is 14.9 Å². The number of carbonyl (C=O) groups is 1. The molecule has 0 unspecified atom stereocenters. The molecular formula is C15H13ClN2O4. The predicted molar refractivity (Wildman–Crippen MR) is 83.8 cm³/mol. The van der Waals surface area contributed by atoms with Crippen LogP contribution in [0.2, 0.25) is 5.02 Å². The highest BCUT2D eigenvalue weighted by Crippen LogP contribution is 2.28. The molecule has 22 heavy (non-hydrogen) atoms. The van der Waals surface area contributed by atoms with E-state index in [1.165, 1.54) is 25.3 Å². The van der Waals surface area contributed by atoms with Gasteiger partial charge in [-0.05, 0) is 36.8 Å². The second-order valence-corrected chi connectivity index (χ2v) is 5.01. The monoisotopic (exact) mass is 320 g/mol. The van der Waals surface area contributed by atoms with Gasteiger partial charge in [-0.15, -0.1) is 0 Å². The van der Waals surface area contributed by atoms with E-state index in [1.54, 1.807) is 12.1 Å². The number of carbonyl (C=O) groups excluding carboxylic acids is 1. The summed E-state index contributed by atoms with van der Waals surface area (Å²) in [5, 5.41) is 13.9. The van der Waals surface area contributed by atoms with E-state index >= 15 is 0 Å². The minimum atomic E-state index is -0.627. The summed E-state index contributed by atoms with van der Waals surface area (Å²) in [5.74, 6) is -0.165. The minimum Gasteiger partial charge on any atom is -0.495 e. The number of rotatable bonds is 4. The molecule has 0 aromatic heterocycles. The number of nitro benzene ring substituents is 1. The Hall–Kier alpha value is -2.60. The minimum absolute atomic E-state index is 0.110. The number of nitrogens with one attached hydrogen (secondary N) is 1. The van der Waals surface area contributed by atoms with Crippen molar-refractivity contribution >= 4 is 28.9 Å². The summed E-state index contributed by atoms with van der Waals surface area (Å²) in [6.45, 7) is 1.86. The molecule has 0 saturated heterocycles. The van der Waals surface area contributed by atoms with Gasteiger partial charge in [0.25, 0.3) is 11.6 Å². The van der Waals surface area contributed by atoms with Crippen LogP contribution in [0.4, 0.5) is 11.4 Å². The van der Waals surface area contributed by atoms with Crippen LogP contribution >= 0.6 is 11.6 Å². The van der Waals surface area contributed by atoms with E-state index in [0.29, 0.717) is 11.4 Å². The number of nitro groups is 1. The summed E-state index contributed by atoms with van der Waals surface area (Å²) in [6.07, 6.45) is 0. The van der Waals surface area contributed by atoms with Gasteiger partial charge in [0.05, 0.1) is 17.7 Å². The molecule has 2 aromatic rings. The fraction of sp³-hybridized carbons (Fsp3) is 0.133. The molecule has 0 saturated carbocycles. The third-order valence-electron chi connectivity index (χ3n) is 3.00. The second kappa shape index (κ2) is 6.44. The normalized spacial score (nSPS) is 10.1. The first kappa shape index (κ1) is 15.8. The third kappa shape index (κ3) is 3.35. The Bertz CT molecular complexity index is 746. The maximum absolute atomic E-state index is 12.3. The molecular weight excluding hydrogens is 308 g/mol. The highest BCUT2D eigenvalue weighted by Gasteiger charge is 2.21. The highest BCUT2D eigenvalue weighted by molar-refractivity contribution is 6.31. The number of halogens is 1. The van der Waals surface area contributed by atoms with Crippen LogP contribution in [0, 0.1) is 17.0 Å². The standard InChI is InChI=1S/C15H13ClN2O4/c1-9-3-6-14(22-2)12(7-9)17-15(19)11-8-10(16)4-5-13(11)18(20)21/h3-8H,1-2H3,(H,17,19). The molecule has 0 spiro atoms. The Morgan fingerprint density at radius 2 is 2.00 bits per heavy atom. The molecule has 0 aliphatic heterocycles. The van der Waals surface area contributed by atoms with Gasteiger partial charge in [-0.25, -0.2) is 0 Å². The van der Waals surface area contributed by atoms with Crippen LogP contribution in [-0.4, -0.2) is 17.9 Å². The summed E-state index contributed by atoms with van der Waals surface area (Å²) >= 11 is 5.83. The zero-order chi connectivity index (χ0) is 16.3. The first-order valence-corrected chi connectivity index (χ1v) is 6.70. The first-order chi connectivity index (χ1) is 10.4. The number of benzene rings is 2. The lowest BCUT2D eigenvalue weighted by Crippen LogP contribution is -2.14. The van der Waals surface area contributed by atoms with Gasteiger partial charge in [-0.1, -0.05) is 17.7 Å². The van der Waals surface area contributed by atoms with Crippen molar-refractivity contribution in [2.24, 2.45) is 0 Å². The molecule has 0 bridgehead atoms. The van der Waals surface area contributed by atoms with Crippen LogP contribution in [0.3, 0.4) is 0 Å². The number of ether oxygens (including phenoxy) is 1. The molecule has 0 aliphatic rings. The van der Waals surface area contributed by atoms with E-state index in [1.807, 2.05) is 13.0 Å². The molecule has 0 radical (unpaired) electrons. The fourth-order valence-electron chi connectivity index (χ4n) is 1.96. The second-order valence-electron chi connectivity index (χ2n) is 4.58. The van der Waals surface area contributed by atoms with E-state index in [0.717, 1.165) is 5.56 Å². The Kier molecular flexibility index (Phi) is 4.62. The van der Waals surface area contributed by atoms with Gasteiger partial charge in [0.1, 0.15) is 11.3 Å². The fourth-order valence-corrected chi connectivity index (χ4v) is 2.13. The number of hydrogen-bond acceptors (Lipinski definition) is 4. The van der Waals surface area contributed by atoms with Gasteiger partial charge >= 0.3 is 0 Å². The SMILES string of the molecule is COc1ccc(C)cc1NC(=O)c1cc(Cl)ccc1[N+](=O)[O-]. The highest BCUT2D eigenvalue weighted by atomic mass is 35.5. The number of nitrogens with zero attached hydrogens (tertiary/aromatic N) is 1. The Balaban J connectivity index is 2.40. The summed E-state index contributed by atoms with van der Waals surface area (Å²) in [5.41, 5.74) is 0.924. The quantitative estimate of drug-likeness (QED) is 0.686. The van der Waals surface area contributed by atoms with Crippen molar-refractivity contribution in [3.8, 4) is 5.75 Å². The summed E-state index contributed by atoms with van der Waals surface area (Å²) in [7, 11) is 1.47. The van der Waals surface area contributed by atoms with Crippen molar-refractivity contribution in [3.63, 3.8) is 0 Å². The maximum Gasteiger partial charge on any atom is 0.282 e. The van der Waals surface area contributed by atoms with Crippen LogP contribution in [0.5, 0.6) is 5.75 Å². The Morgan fingerprint density at radius 3 is 2.64 bits per heavy atom. The number of hydrogen-bond donors (Lipinski definition) is 1. The van der Waals surface area contributed by atoms with Crippen LogP contribution < -0.4 is 10.1 Å². The van der Waals surface area contributed by atoms with Gasteiger partial charge in [-0.2, -0.15) is 0 Å². The molecule has 114 valence electrons. The summed E-state index contributed by atoms with van der Waals surface area (Å²) < 4.78 is 5.16. The zero-order valence-electron chi connectivity index (χ0n) is 11.9. The van der Waals surface area contributed by atoms with E-state index in [9.17, 15) is 14.9 Å². The van der Waals surface area contributed by atoms with Crippen molar-refractivity contribution in [3.05, 3.63) is 62.7 Å². The van der Waals surface area contributed by atoms with Crippen LogP contribution in [0.15, 0.2) is 36.4 Å². The van der Waals surface area contributed by atoms with Crippen molar-refractivity contribution in [1.82, 2.24) is 0 Å². The van der Waals surface area contributed by atoms with E-state index in [2.05, 4.69) is 5.32 Å². The lowest BCUT2D eigenvalue weighted by molar-refractivity contribution is -0.385. The molecule has 6 nitrogen and oxygen atoms in total. The predicted octanol–water partition coefficient (Wildman–Crippen LogP) is 3.82. The number of aryl methyl sites for hydroxylation is 1. The van der Waals surface area contributed by atoms with Gasteiger partial charge in [0.15, 0.2) is 0 Å². The Morgan fingerprint density at radius 1 is 1.27 bits per heavy atom. The van der Waals surface area contributed by atoms with Crippen molar-refractivity contribution < 1.29 is 14.5 Å². The lowest BCUT2D eigenvalue weighted by atomic mass is 10.1. The van der Waals surface area contributed by atoms with E-state index in [-0.39, 0.29) is 16.3 Å². The molecule has 0 aliphatic carbocycles. The lowest BCUT2D eigenvalue weighted by Gasteiger charge is -2.11. The molecule has 2 aromatic carbocycles. The Labute approximate surface area is 131 Å². The van der Waals surface area contributed by atoms with Gasteiger partial charge in [0.2, 0.25) is 0 Å². The zero-order valence-corrected chi connectivity index (χ0v) is 12.7. The summed E-state index contributed by atoms with van der Waals surface area (Å²) in [6, 6.07) is 9.08. The van der Waals surface area contributed by atoms with Crippen LogP contribution in [0.1, 0.15) is 15.9 Å². The molecule has 1 amide bonds. The van der Waals surface area contributed by atoms with Crippen molar-refractivity contribution in [2.45, 2.75) is 6.92 Å². The molecule has 0 heterocycles. The van der Waals surface area contributed by atoms with Crippen molar-refractivity contribution in [1.29, 1.82) is 0 Å². The van der Waals surface area contributed by atoms with Gasteiger partial charge in [0, 0.05) is 11.1 Å². The number of amides is 1. The topological polar surface area (TPSA) is 81.5 Å². The first-order valence-electron chi connectivity index (χ1n) is 6.32. The summed E-state index contributed by atoms with van der Waals surface area (Å²) in [4.78, 5) is 22.7. The van der Waals surface area contributed by atoms with Crippen molar-refractivity contribution in [2.75, 3.05) is 12.4 Å². The maximum atomic E-state index is 12.3. The average molecular weight is 321 g/mol. The van der Waals surface area contributed by atoms with E-state index < -0.39 is 10.8 Å². The molecule has 2 rings (SSSR count). The molecule has 7 heteroatoms. The molecule has 1 N–H and O–H groups in total. The van der Waals surface area contributed by atoms with Gasteiger partial charge < -0.3 is 10.1 Å². The van der Waals surface area contributed by atoms with Crippen LogP contribution in [0.25, 0.3) is 0 Å². The molecule has 0 fully saturated rings. The van der Waals surface area contributed by atoms with Crippen LogP contribution in [-0.2, 0) is 0 Å². The largest absolute Gasteiger partial charge is 0.495 e. The smallest absolute Gasteiger partial charge is 0.282 e. The number of anilines is 1. The third-order valence-corrected chi connectivity index (χ3v) is 3.24. The average Bonchev–Trinajstić information content (AvgIpc) is 2.47. The number of methoxy groups -OCH3 is 1. The molecule has 0 atom stereocenters. The van der Waals surface area contributed by atoms with E-state index in [4.69, 9.17) is 16.3 Å².